The van der Waals surface area contributed by atoms with E-state index in [1.165, 1.54) is 7.11 Å². The maximum absolute atomic E-state index is 13.0. The van der Waals surface area contributed by atoms with Crippen LogP contribution in [0.3, 0.4) is 0 Å². The van der Waals surface area contributed by atoms with E-state index in [0.29, 0.717) is 18.5 Å². The van der Waals surface area contributed by atoms with Gasteiger partial charge in [0.05, 0.1) is 18.7 Å². The van der Waals surface area contributed by atoms with Crippen molar-refractivity contribution in [3.8, 4) is 0 Å². The number of nitrogens with one attached hydrogen (secondary N) is 1. The molecule has 0 aliphatic carbocycles. The highest BCUT2D eigenvalue weighted by Gasteiger charge is 2.46. The molecule has 1 aliphatic heterocycles. The maximum Gasteiger partial charge on any atom is 0.408 e. The van der Waals surface area contributed by atoms with Crippen molar-refractivity contribution >= 4 is 24.0 Å². The Hall–Kier alpha value is -4.39. The Morgan fingerprint density at radius 1 is 0.944 bits per heavy atom. The molecule has 0 radical (unpaired) electrons. The summed E-state index contributed by atoms with van der Waals surface area (Å²) >= 11 is 0. The highest BCUT2D eigenvalue weighted by Crippen LogP contribution is 2.24. The molecule has 2 atom stereocenters. The standard InChI is InChI=1S/C29H28N2O5/c1-35-28(33)24-15-9-8-14-23(24)18-19-31-25(17-16-21-10-4-2-5-11-21)26(27(31)32)30-29(34)36-20-22-12-6-3-7-13-22/h2-17,25-26H,18-20H2,1H3,(H,30,34)/t25-,26+/m1/s1. The summed E-state index contributed by atoms with van der Waals surface area (Å²) < 4.78 is 10.2. The molecule has 1 fully saturated rings. The summed E-state index contributed by atoms with van der Waals surface area (Å²) in [6, 6.07) is 25.2. The zero-order valence-corrected chi connectivity index (χ0v) is 20.0. The van der Waals surface area contributed by atoms with Crippen molar-refractivity contribution in [2.24, 2.45) is 0 Å². The number of likely N-dealkylation sites (tertiary alicyclic amines) is 1. The highest BCUT2D eigenvalue weighted by atomic mass is 16.5. The molecular weight excluding hydrogens is 456 g/mol. The van der Waals surface area contributed by atoms with Gasteiger partial charge >= 0.3 is 12.1 Å². The quantitative estimate of drug-likeness (QED) is 0.363. The summed E-state index contributed by atoms with van der Waals surface area (Å²) in [6.45, 7) is 0.500. The van der Waals surface area contributed by atoms with Crippen LogP contribution in [0.15, 0.2) is 91.0 Å². The predicted molar refractivity (Wildman–Crippen MR) is 136 cm³/mol. The molecule has 0 unspecified atom stereocenters. The Bertz CT molecular complexity index is 1230. The number of methoxy groups -OCH3 is 1. The first-order valence-electron chi connectivity index (χ1n) is 11.7. The zero-order valence-electron chi connectivity index (χ0n) is 20.0. The van der Waals surface area contributed by atoms with Crippen molar-refractivity contribution in [2.45, 2.75) is 25.1 Å². The lowest BCUT2D eigenvalue weighted by Gasteiger charge is -2.45. The van der Waals surface area contributed by atoms with Crippen LogP contribution in [0.5, 0.6) is 0 Å². The monoisotopic (exact) mass is 484 g/mol. The third-order valence-corrected chi connectivity index (χ3v) is 6.07. The molecular formula is C29H28N2O5. The van der Waals surface area contributed by atoms with Crippen LogP contribution in [0.2, 0.25) is 0 Å². The Labute approximate surface area is 210 Å². The number of amides is 2. The molecule has 7 heteroatoms. The minimum atomic E-state index is -0.732. The van der Waals surface area contributed by atoms with Crippen LogP contribution in [0.4, 0.5) is 4.79 Å². The summed E-state index contributed by atoms with van der Waals surface area (Å²) in [5, 5.41) is 2.71. The van der Waals surface area contributed by atoms with Gasteiger partial charge in [-0.25, -0.2) is 9.59 Å². The average molecular weight is 485 g/mol. The van der Waals surface area contributed by atoms with E-state index in [2.05, 4.69) is 5.32 Å². The first-order valence-corrected chi connectivity index (χ1v) is 11.7. The smallest absolute Gasteiger partial charge is 0.408 e. The van der Waals surface area contributed by atoms with Gasteiger partial charge in [0, 0.05) is 6.54 Å². The molecule has 3 aromatic rings. The van der Waals surface area contributed by atoms with Crippen molar-refractivity contribution in [2.75, 3.05) is 13.7 Å². The van der Waals surface area contributed by atoms with Crippen LogP contribution >= 0.6 is 0 Å². The van der Waals surface area contributed by atoms with Crippen LogP contribution in [-0.4, -0.2) is 48.6 Å². The fourth-order valence-electron chi connectivity index (χ4n) is 4.14. The second kappa shape index (κ2) is 11.8. The van der Waals surface area contributed by atoms with E-state index < -0.39 is 18.1 Å². The molecule has 3 aromatic carbocycles. The second-order valence-electron chi connectivity index (χ2n) is 8.37. The lowest BCUT2D eigenvalue weighted by atomic mass is 9.92. The van der Waals surface area contributed by atoms with Crippen molar-refractivity contribution < 1.29 is 23.9 Å². The maximum atomic E-state index is 13.0. The molecule has 36 heavy (non-hydrogen) atoms. The molecule has 0 saturated carbocycles. The van der Waals surface area contributed by atoms with Crippen molar-refractivity contribution in [1.82, 2.24) is 10.2 Å². The van der Waals surface area contributed by atoms with Gasteiger partial charge in [0.15, 0.2) is 0 Å². The summed E-state index contributed by atoms with van der Waals surface area (Å²) in [4.78, 5) is 39.3. The number of hydrogen-bond donors (Lipinski definition) is 1. The normalized spacial score (nSPS) is 16.9. The van der Waals surface area contributed by atoms with Gasteiger partial charge in [-0.05, 0) is 29.2 Å². The molecule has 1 heterocycles. The number of β-lactam (4-membered cyclic amide) rings is 1. The predicted octanol–water partition coefficient (Wildman–Crippen LogP) is 4.23. The summed E-state index contributed by atoms with van der Waals surface area (Å²) in [5.74, 6) is -0.619. The van der Waals surface area contributed by atoms with Crippen LogP contribution in [0.25, 0.3) is 6.08 Å². The van der Waals surface area contributed by atoms with Gasteiger partial charge in [0.1, 0.15) is 12.6 Å². The summed E-state index contributed by atoms with van der Waals surface area (Å²) in [7, 11) is 1.34. The van der Waals surface area contributed by atoms with E-state index in [4.69, 9.17) is 9.47 Å². The molecule has 1 N–H and O–H groups in total. The van der Waals surface area contributed by atoms with Gasteiger partial charge in [0.2, 0.25) is 5.91 Å². The second-order valence-corrected chi connectivity index (χ2v) is 8.37. The van der Waals surface area contributed by atoms with Gasteiger partial charge in [-0.1, -0.05) is 91.0 Å². The first kappa shape index (κ1) is 24.7. The number of alkyl carbamates (subject to hydrolysis) is 1. The van der Waals surface area contributed by atoms with E-state index in [1.807, 2.05) is 84.9 Å². The Morgan fingerprint density at radius 3 is 2.33 bits per heavy atom. The van der Waals surface area contributed by atoms with E-state index in [1.54, 1.807) is 17.0 Å². The molecule has 184 valence electrons. The van der Waals surface area contributed by atoms with Gasteiger partial charge in [-0.3, -0.25) is 4.79 Å². The Balaban J connectivity index is 1.44. The number of rotatable bonds is 9. The van der Waals surface area contributed by atoms with Crippen molar-refractivity contribution in [3.05, 3.63) is 113 Å². The Kier molecular flexibility index (Phi) is 8.13. The fourth-order valence-corrected chi connectivity index (χ4v) is 4.14. The van der Waals surface area contributed by atoms with Crippen LogP contribution in [-0.2, 0) is 27.3 Å². The van der Waals surface area contributed by atoms with E-state index in [-0.39, 0.29) is 18.6 Å². The molecule has 1 saturated heterocycles. The number of carbonyl (C=O) groups is 3. The third-order valence-electron chi connectivity index (χ3n) is 6.07. The highest BCUT2D eigenvalue weighted by molar-refractivity contribution is 5.93. The molecule has 2 amide bonds. The molecule has 7 nitrogen and oxygen atoms in total. The van der Waals surface area contributed by atoms with Crippen molar-refractivity contribution in [1.29, 1.82) is 0 Å². The summed E-state index contributed by atoms with van der Waals surface area (Å²) in [6.07, 6.45) is 3.66. The minimum Gasteiger partial charge on any atom is -0.465 e. The number of nitrogens with zero attached hydrogens (tertiary/aromatic N) is 1. The van der Waals surface area contributed by atoms with Crippen LogP contribution in [0.1, 0.15) is 27.0 Å². The van der Waals surface area contributed by atoms with E-state index >= 15 is 0 Å². The number of esters is 1. The number of hydrogen-bond acceptors (Lipinski definition) is 5. The summed E-state index contributed by atoms with van der Waals surface area (Å²) in [5.41, 5.74) is 3.11. The zero-order chi connectivity index (χ0) is 25.3. The largest absolute Gasteiger partial charge is 0.465 e. The van der Waals surface area contributed by atoms with Gasteiger partial charge < -0.3 is 19.7 Å². The number of carbonyl (C=O) groups excluding carboxylic acids is 3. The van der Waals surface area contributed by atoms with Crippen LogP contribution in [0, 0.1) is 0 Å². The van der Waals surface area contributed by atoms with Gasteiger partial charge in [-0.15, -0.1) is 0 Å². The molecule has 0 aromatic heterocycles. The first-order chi connectivity index (χ1) is 17.6. The van der Waals surface area contributed by atoms with Gasteiger partial charge in [-0.2, -0.15) is 0 Å². The molecule has 1 aliphatic rings. The average Bonchev–Trinajstić information content (AvgIpc) is 2.93. The molecule has 4 rings (SSSR count). The third kappa shape index (κ3) is 5.99. The fraction of sp³-hybridized carbons (Fsp3) is 0.207. The number of ether oxygens (including phenoxy) is 2. The SMILES string of the molecule is COC(=O)c1ccccc1CCN1C(=O)[C@@H](NC(=O)OCc2ccccc2)[C@H]1C=Cc1ccccc1. The van der Waals surface area contributed by atoms with Gasteiger partial charge in [0.25, 0.3) is 0 Å². The number of benzene rings is 3. The molecule has 0 bridgehead atoms. The van der Waals surface area contributed by atoms with E-state index in [9.17, 15) is 14.4 Å². The topological polar surface area (TPSA) is 84.9 Å². The van der Waals surface area contributed by atoms with E-state index in [0.717, 1.165) is 16.7 Å². The molecule has 0 spiro atoms. The van der Waals surface area contributed by atoms with Crippen molar-refractivity contribution in [3.63, 3.8) is 0 Å². The van der Waals surface area contributed by atoms with Crippen LogP contribution < -0.4 is 5.32 Å². The lowest BCUT2D eigenvalue weighted by molar-refractivity contribution is -0.147. The Morgan fingerprint density at radius 2 is 1.61 bits per heavy atom. The lowest BCUT2D eigenvalue weighted by Crippen LogP contribution is -2.70. The minimum absolute atomic E-state index is 0.117.